The van der Waals surface area contributed by atoms with Crippen molar-refractivity contribution in [1.29, 1.82) is 0 Å². The Bertz CT molecular complexity index is 678. The molecule has 20 heavy (non-hydrogen) atoms. The Kier molecular flexibility index (Phi) is 3.26. The number of hydrogen-bond donors (Lipinski definition) is 1. The van der Waals surface area contributed by atoms with Gasteiger partial charge in [-0.3, -0.25) is 9.89 Å². The second-order valence-electron chi connectivity index (χ2n) is 5.18. The number of rotatable bonds is 1. The maximum absolute atomic E-state index is 11.6. The number of nitrogens with zero attached hydrogens (tertiary/aromatic N) is 2. The molecule has 1 aromatic heterocycles. The summed E-state index contributed by atoms with van der Waals surface area (Å²) in [5, 5.41) is 8.28. The van der Waals surface area contributed by atoms with Crippen molar-refractivity contribution < 1.29 is 4.79 Å². The molecule has 0 saturated carbocycles. The Morgan fingerprint density at radius 1 is 1.45 bits per heavy atom. The first kappa shape index (κ1) is 13.2. The summed E-state index contributed by atoms with van der Waals surface area (Å²) in [6.07, 6.45) is 0.828. The molecule has 2 heterocycles. The van der Waals surface area contributed by atoms with Gasteiger partial charge in [0.2, 0.25) is 5.91 Å². The van der Waals surface area contributed by atoms with E-state index in [1.807, 2.05) is 30.0 Å². The number of carbonyl (C=O) groups is 1. The molecule has 4 nitrogen and oxygen atoms in total. The second kappa shape index (κ2) is 4.94. The van der Waals surface area contributed by atoms with Crippen LogP contribution in [0.25, 0.3) is 11.3 Å². The molecule has 1 N–H and O–H groups in total. The Labute approximate surface area is 122 Å². The van der Waals surface area contributed by atoms with Gasteiger partial charge in [-0.1, -0.05) is 17.7 Å². The van der Waals surface area contributed by atoms with Gasteiger partial charge in [-0.25, -0.2) is 0 Å². The van der Waals surface area contributed by atoms with Crippen molar-refractivity contribution in [3.63, 3.8) is 0 Å². The standard InChI is InChI=1S/C15H16ClN3O/c1-9-7-11(3-4-13(9)16)15-12-8-19(10(2)20)6-5-14(12)17-18-15/h3-4,7H,5-6,8H2,1-2H3,(H,17,18). The monoisotopic (exact) mass is 289 g/mol. The SMILES string of the molecule is CC(=O)N1CCc2[nH]nc(-c3ccc(Cl)c(C)c3)c2C1. The van der Waals surface area contributed by atoms with Crippen LogP contribution in [0.1, 0.15) is 23.7 Å². The van der Waals surface area contributed by atoms with E-state index in [1.54, 1.807) is 6.92 Å². The van der Waals surface area contributed by atoms with Gasteiger partial charge in [0.15, 0.2) is 0 Å². The Hall–Kier alpha value is -1.81. The van der Waals surface area contributed by atoms with Crippen LogP contribution < -0.4 is 0 Å². The van der Waals surface area contributed by atoms with Crippen molar-refractivity contribution in [3.05, 3.63) is 40.0 Å². The number of nitrogens with one attached hydrogen (secondary N) is 1. The third-order valence-electron chi connectivity index (χ3n) is 3.81. The molecule has 0 bridgehead atoms. The molecule has 0 aliphatic carbocycles. The second-order valence-corrected chi connectivity index (χ2v) is 5.59. The lowest BCUT2D eigenvalue weighted by Crippen LogP contribution is -2.34. The lowest BCUT2D eigenvalue weighted by atomic mass is 10.00. The van der Waals surface area contributed by atoms with E-state index in [9.17, 15) is 4.79 Å². The van der Waals surface area contributed by atoms with Crippen LogP contribution in [-0.4, -0.2) is 27.5 Å². The van der Waals surface area contributed by atoms with Crippen LogP contribution >= 0.6 is 11.6 Å². The molecule has 0 radical (unpaired) electrons. The molecule has 1 aliphatic rings. The van der Waals surface area contributed by atoms with Gasteiger partial charge in [-0.2, -0.15) is 5.10 Å². The van der Waals surface area contributed by atoms with E-state index in [2.05, 4.69) is 10.2 Å². The number of hydrogen-bond acceptors (Lipinski definition) is 2. The van der Waals surface area contributed by atoms with Gasteiger partial charge >= 0.3 is 0 Å². The molecule has 1 aromatic carbocycles. The highest BCUT2D eigenvalue weighted by Crippen LogP contribution is 2.30. The minimum Gasteiger partial charge on any atom is -0.338 e. The summed E-state index contributed by atoms with van der Waals surface area (Å²) in [4.78, 5) is 13.4. The number of aryl methyl sites for hydroxylation is 1. The molecule has 3 rings (SSSR count). The van der Waals surface area contributed by atoms with Crippen molar-refractivity contribution in [2.45, 2.75) is 26.8 Å². The van der Waals surface area contributed by atoms with Crippen molar-refractivity contribution in [1.82, 2.24) is 15.1 Å². The Morgan fingerprint density at radius 2 is 2.25 bits per heavy atom. The van der Waals surface area contributed by atoms with E-state index in [-0.39, 0.29) is 5.91 Å². The number of aromatic amines is 1. The predicted octanol–water partition coefficient (Wildman–Crippen LogP) is 2.94. The summed E-state index contributed by atoms with van der Waals surface area (Å²) in [5.74, 6) is 0.107. The molecule has 0 atom stereocenters. The van der Waals surface area contributed by atoms with Crippen LogP contribution in [0.5, 0.6) is 0 Å². The first-order valence-corrected chi connectivity index (χ1v) is 7.02. The summed E-state index contributed by atoms with van der Waals surface area (Å²) >= 11 is 6.07. The number of benzene rings is 1. The Balaban J connectivity index is 2.02. The van der Waals surface area contributed by atoms with Crippen LogP contribution in [0.15, 0.2) is 18.2 Å². The fraction of sp³-hybridized carbons (Fsp3) is 0.333. The van der Waals surface area contributed by atoms with Crippen LogP contribution in [0.4, 0.5) is 0 Å². The predicted molar refractivity (Wildman–Crippen MR) is 78.6 cm³/mol. The van der Waals surface area contributed by atoms with E-state index in [0.29, 0.717) is 6.54 Å². The topological polar surface area (TPSA) is 49.0 Å². The van der Waals surface area contributed by atoms with E-state index >= 15 is 0 Å². The summed E-state index contributed by atoms with van der Waals surface area (Å²) in [5.41, 5.74) is 5.24. The summed E-state index contributed by atoms with van der Waals surface area (Å²) in [6, 6.07) is 5.89. The highest BCUT2D eigenvalue weighted by molar-refractivity contribution is 6.31. The van der Waals surface area contributed by atoms with Crippen molar-refractivity contribution in [2.75, 3.05) is 6.54 Å². The van der Waals surface area contributed by atoms with Gasteiger partial charge in [0.1, 0.15) is 0 Å². The third-order valence-corrected chi connectivity index (χ3v) is 4.23. The van der Waals surface area contributed by atoms with Gasteiger partial charge in [0.25, 0.3) is 0 Å². The number of halogens is 1. The molecular formula is C15H16ClN3O. The number of aromatic nitrogens is 2. The summed E-state index contributed by atoms with van der Waals surface area (Å²) < 4.78 is 0. The highest BCUT2D eigenvalue weighted by atomic mass is 35.5. The fourth-order valence-electron chi connectivity index (χ4n) is 2.59. The average molecular weight is 290 g/mol. The summed E-state index contributed by atoms with van der Waals surface area (Å²) in [6.45, 7) is 4.96. The van der Waals surface area contributed by atoms with Gasteiger partial charge in [-0.15, -0.1) is 0 Å². The van der Waals surface area contributed by atoms with Crippen molar-refractivity contribution >= 4 is 17.5 Å². The maximum atomic E-state index is 11.6. The molecular weight excluding hydrogens is 274 g/mol. The van der Waals surface area contributed by atoms with Crippen LogP contribution in [0, 0.1) is 6.92 Å². The molecule has 104 valence electrons. The summed E-state index contributed by atoms with van der Waals surface area (Å²) in [7, 11) is 0. The molecule has 1 aliphatic heterocycles. The highest BCUT2D eigenvalue weighted by Gasteiger charge is 2.24. The van der Waals surface area contributed by atoms with E-state index in [1.165, 1.54) is 0 Å². The van der Waals surface area contributed by atoms with E-state index < -0.39 is 0 Å². The van der Waals surface area contributed by atoms with Crippen molar-refractivity contribution in [2.24, 2.45) is 0 Å². The molecule has 0 spiro atoms. The number of amides is 1. The van der Waals surface area contributed by atoms with Gasteiger partial charge in [0, 0.05) is 48.3 Å². The first-order valence-electron chi connectivity index (χ1n) is 6.64. The first-order chi connectivity index (χ1) is 9.56. The van der Waals surface area contributed by atoms with E-state index in [0.717, 1.165) is 46.1 Å². The number of carbonyl (C=O) groups excluding carboxylic acids is 1. The zero-order chi connectivity index (χ0) is 14.3. The maximum Gasteiger partial charge on any atom is 0.219 e. The molecule has 2 aromatic rings. The molecule has 5 heteroatoms. The lowest BCUT2D eigenvalue weighted by molar-refractivity contribution is -0.129. The zero-order valence-electron chi connectivity index (χ0n) is 11.5. The van der Waals surface area contributed by atoms with Crippen LogP contribution in [0.2, 0.25) is 5.02 Å². The van der Waals surface area contributed by atoms with E-state index in [4.69, 9.17) is 11.6 Å². The average Bonchev–Trinajstić information content (AvgIpc) is 2.84. The lowest BCUT2D eigenvalue weighted by Gasteiger charge is -2.26. The molecule has 1 amide bonds. The van der Waals surface area contributed by atoms with Gasteiger partial charge < -0.3 is 4.90 Å². The van der Waals surface area contributed by atoms with Crippen molar-refractivity contribution in [3.8, 4) is 11.3 Å². The van der Waals surface area contributed by atoms with Gasteiger partial charge in [-0.05, 0) is 24.6 Å². The molecule has 0 fully saturated rings. The quantitative estimate of drug-likeness (QED) is 0.877. The fourth-order valence-corrected chi connectivity index (χ4v) is 2.71. The van der Waals surface area contributed by atoms with Crippen LogP contribution in [-0.2, 0) is 17.8 Å². The minimum atomic E-state index is 0.107. The smallest absolute Gasteiger partial charge is 0.219 e. The molecule has 0 unspecified atom stereocenters. The molecule has 0 saturated heterocycles. The normalized spacial score (nSPS) is 14.2. The van der Waals surface area contributed by atoms with Gasteiger partial charge in [0.05, 0.1) is 5.69 Å². The third kappa shape index (κ3) is 2.20. The zero-order valence-corrected chi connectivity index (χ0v) is 12.3. The largest absolute Gasteiger partial charge is 0.338 e. The Morgan fingerprint density at radius 3 is 2.95 bits per heavy atom. The van der Waals surface area contributed by atoms with Crippen LogP contribution in [0.3, 0.4) is 0 Å². The minimum absolute atomic E-state index is 0.107. The number of H-pyrrole nitrogens is 1. The number of fused-ring (bicyclic) bond motifs is 1.